The van der Waals surface area contributed by atoms with Crippen molar-refractivity contribution in [3.05, 3.63) is 60.8 Å². The van der Waals surface area contributed by atoms with Gasteiger partial charge in [-0.15, -0.1) is 0 Å². The molecule has 0 bridgehead atoms. The van der Waals surface area contributed by atoms with E-state index in [0.29, 0.717) is 19.3 Å². The van der Waals surface area contributed by atoms with Crippen LogP contribution >= 0.6 is 0 Å². The Morgan fingerprint density at radius 3 is 0.984 bits per heavy atom. The van der Waals surface area contributed by atoms with Gasteiger partial charge < -0.3 is 14.2 Å². The molecule has 0 aromatic heterocycles. The number of hydrogen-bond acceptors (Lipinski definition) is 6. The van der Waals surface area contributed by atoms with Gasteiger partial charge in [0.1, 0.15) is 13.2 Å². The third kappa shape index (κ3) is 50.0. The van der Waals surface area contributed by atoms with Crippen LogP contribution in [-0.2, 0) is 28.6 Å². The van der Waals surface area contributed by atoms with Crippen molar-refractivity contribution in [2.75, 3.05) is 13.2 Å². The van der Waals surface area contributed by atoms with E-state index < -0.39 is 6.10 Å². The Morgan fingerprint density at radius 1 is 0.333 bits per heavy atom. The lowest BCUT2D eigenvalue weighted by Gasteiger charge is -2.18. The first-order valence-corrected chi connectivity index (χ1v) is 26.8. The molecule has 0 aliphatic heterocycles. The maximum absolute atomic E-state index is 12.8. The van der Waals surface area contributed by atoms with Gasteiger partial charge in [0.2, 0.25) is 0 Å². The van der Waals surface area contributed by atoms with E-state index in [0.717, 1.165) is 96.3 Å². The first-order chi connectivity index (χ1) is 31.0. The lowest BCUT2D eigenvalue weighted by atomic mass is 10.0. The van der Waals surface area contributed by atoms with Crippen LogP contribution in [0.25, 0.3) is 0 Å². The maximum atomic E-state index is 12.8. The summed E-state index contributed by atoms with van der Waals surface area (Å²) in [7, 11) is 0. The molecule has 6 nitrogen and oxygen atoms in total. The van der Waals surface area contributed by atoms with E-state index in [9.17, 15) is 14.4 Å². The molecular weight excluding hydrogens is 781 g/mol. The van der Waals surface area contributed by atoms with Crippen LogP contribution in [0.15, 0.2) is 60.8 Å². The zero-order valence-electron chi connectivity index (χ0n) is 41.6. The van der Waals surface area contributed by atoms with Gasteiger partial charge in [-0.25, -0.2) is 0 Å². The minimum Gasteiger partial charge on any atom is -0.462 e. The highest BCUT2D eigenvalue weighted by Gasteiger charge is 2.19. The lowest BCUT2D eigenvalue weighted by Crippen LogP contribution is -2.30. The van der Waals surface area contributed by atoms with E-state index in [1.807, 2.05) is 0 Å². The zero-order chi connectivity index (χ0) is 45.8. The third-order valence-corrected chi connectivity index (χ3v) is 11.6. The number of allylic oxidation sites excluding steroid dienone is 10. The quantitative estimate of drug-likeness (QED) is 0.0262. The monoisotopic (exact) mass is 881 g/mol. The Labute approximate surface area is 390 Å². The van der Waals surface area contributed by atoms with Crippen molar-refractivity contribution in [3.8, 4) is 0 Å². The number of rotatable bonds is 48. The van der Waals surface area contributed by atoms with E-state index in [4.69, 9.17) is 14.2 Å². The van der Waals surface area contributed by atoms with Crippen LogP contribution in [0.2, 0.25) is 0 Å². The van der Waals surface area contributed by atoms with Crippen molar-refractivity contribution >= 4 is 17.9 Å². The fraction of sp³-hybridized carbons (Fsp3) is 0.772. The summed E-state index contributed by atoms with van der Waals surface area (Å²) >= 11 is 0. The molecule has 0 aliphatic rings. The number of unbranched alkanes of at least 4 members (excludes halogenated alkanes) is 30. The minimum absolute atomic E-state index is 0.0916. The Balaban J connectivity index is 4.42. The molecule has 0 aromatic carbocycles. The van der Waals surface area contributed by atoms with Gasteiger partial charge >= 0.3 is 17.9 Å². The van der Waals surface area contributed by atoms with E-state index in [1.54, 1.807) is 0 Å². The predicted octanol–water partition coefficient (Wildman–Crippen LogP) is 17.6. The summed E-state index contributed by atoms with van der Waals surface area (Å²) < 4.78 is 16.8. The highest BCUT2D eigenvalue weighted by atomic mass is 16.6. The zero-order valence-corrected chi connectivity index (χ0v) is 41.6. The molecule has 0 heterocycles. The maximum Gasteiger partial charge on any atom is 0.306 e. The second kappa shape index (κ2) is 51.7. The van der Waals surface area contributed by atoms with Crippen molar-refractivity contribution in [2.24, 2.45) is 0 Å². The van der Waals surface area contributed by atoms with Crippen LogP contribution in [0.4, 0.5) is 0 Å². The fourth-order valence-electron chi connectivity index (χ4n) is 7.55. The molecule has 0 spiro atoms. The summed E-state index contributed by atoms with van der Waals surface area (Å²) in [4.78, 5) is 38.0. The first kappa shape index (κ1) is 60.1. The topological polar surface area (TPSA) is 78.9 Å². The Hall–Kier alpha value is -2.89. The largest absolute Gasteiger partial charge is 0.462 e. The molecule has 0 amide bonds. The van der Waals surface area contributed by atoms with Crippen molar-refractivity contribution in [1.82, 2.24) is 0 Å². The molecule has 0 saturated carbocycles. The Morgan fingerprint density at radius 2 is 0.619 bits per heavy atom. The van der Waals surface area contributed by atoms with E-state index in [1.165, 1.54) is 128 Å². The first-order valence-electron chi connectivity index (χ1n) is 26.8. The molecule has 0 radical (unpaired) electrons. The van der Waals surface area contributed by atoms with Crippen molar-refractivity contribution in [1.29, 1.82) is 0 Å². The van der Waals surface area contributed by atoms with Crippen molar-refractivity contribution < 1.29 is 28.6 Å². The second-order valence-electron chi connectivity index (χ2n) is 17.9. The van der Waals surface area contributed by atoms with Gasteiger partial charge in [-0.1, -0.05) is 242 Å². The van der Waals surface area contributed by atoms with Crippen molar-refractivity contribution in [3.63, 3.8) is 0 Å². The molecule has 0 fully saturated rings. The second-order valence-corrected chi connectivity index (χ2v) is 17.9. The molecule has 1 unspecified atom stereocenters. The smallest absolute Gasteiger partial charge is 0.306 e. The number of esters is 3. The predicted molar refractivity (Wildman–Crippen MR) is 270 cm³/mol. The van der Waals surface area contributed by atoms with Gasteiger partial charge in [-0.2, -0.15) is 0 Å². The van der Waals surface area contributed by atoms with E-state index >= 15 is 0 Å². The summed E-state index contributed by atoms with van der Waals surface area (Å²) in [6, 6.07) is 0. The average Bonchev–Trinajstić information content (AvgIpc) is 3.28. The van der Waals surface area contributed by atoms with Crippen LogP contribution in [0.5, 0.6) is 0 Å². The molecule has 0 N–H and O–H groups in total. The standard InChI is InChI=1S/C57H100O6/c1-4-7-10-13-16-19-22-25-27-29-32-35-38-41-44-47-50-56(59)62-53-54(52-61-55(58)49-46-43-40-37-34-31-24-21-18-15-12-9-6-3)63-57(60)51-48-45-42-39-36-33-30-28-26-23-20-17-14-11-8-5-2/h9,12,15,18,21,24,27,29,32,35,54H,4-8,10-11,13-14,16-17,19-20,22-23,25-26,28,30-31,33-34,36-53H2,1-3H3/b12-9-,18-15-,24-21-,29-27-,35-32-. The summed E-state index contributed by atoms with van der Waals surface area (Å²) in [5, 5.41) is 0. The van der Waals surface area contributed by atoms with Crippen LogP contribution in [0, 0.1) is 0 Å². The molecular formula is C57H100O6. The average molecular weight is 881 g/mol. The molecule has 0 rings (SSSR count). The van der Waals surface area contributed by atoms with Gasteiger partial charge in [-0.05, 0) is 64.2 Å². The summed E-state index contributed by atoms with van der Waals surface area (Å²) in [6.45, 7) is 6.48. The van der Waals surface area contributed by atoms with Gasteiger partial charge in [0, 0.05) is 19.3 Å². The lowest BCUT2D eigenvalue weighted by molar-refractivity contribution is -0.167. The van der Waals surface area contributed by atoms with E-state index in [2.05, 4.69) is 81.5 Å². The Kier molecular flexibility index (Phi) is 49.4. The van der Waals surface area contributed by atoms with Crippen LogP contribution in [-0.4, -0.2) is 37.2 Å². The molecule has 364 valence electrons. The van der Waals surface area contributed by atoms with Crippen LogP contribution in [0.1, 0.15) is 265 Å². The van der Waals surface area contributed by atoms with Gasteiger partial charge in [0.05, 0.1) is 0 Å². The van der Waals surface area contributed by atoms with Crippen LogP contribution in [0.3, 0.4) is 0 Å². The molecule has 0 saturated heterocycles. The van der Waals surface area contributed by atoms with Crippen LogP contribution < -0.4 is 0 Å². The van der Waals surface area contributed by atoms with Gasteiger partial charge in [-0.3, -0.25) is 14.4 Å². The molecule has 1 atom stereocenters. The van der Waals surface area contributed by atoms with Gasteiger partial charge in [0.25, 0.3) is 0 Å². The highest BCUT2D eigenvalue weighted by molar-refractivity contribution is 5.71. The number of ether oxygens (including phenoxy) is 3. The number of carbonyl (C=O) groups is 3. The number of carbonyl (C=O) groups excluding carboxylic acids is 3. The third-order valence-electron chi connectivity index (χ3n) is 11.6. The molecule has 63 heavy (non-hydrogen) atoms. The fourth-order valence-corrected chi connectivity index (χ4v) is 7.55. The minimum atomic E-state index is -0.791. The number of hydrogen-bond donors (Lipinski definition) is 0. The normalized spacial score (nSPS) is 12.5. The van der Waals surface area contributed by atoms with Gasteiger partial charge in [0.15, 0.2) is 6.10 Å². The SMILES string of the molecule is CC\C=C/C=C\C=C/CCCCCCCC(=O)OCC(COC(=O)CCCCC/C=C\C=C/CCCCCCCCC)OC(=O)CCCCCCCCCCCCCCCCCC. The molecule has 6 heteroatoms. The Bertz CT molecular complexity index is 1150. The highest BCUT2D eigenvalue weighted by Crippen LogP contribution is 2.16. The summed E-state index contributed by atoms with van der Waals surface area (Å²) in [6.07, 6.45) is 63.5. The molecule has 0 aliphatic carbocycles. The van der Waals surface area contributed by atoms with Crippen molar-refractivity contribution in [2.45, 2.75) is 271 Å². The van der Waals surface area contributed by atoms with E-state index in [-0.39, 0.29) is 31.1 Å². The molecule has 0 aromatic rings. The summed E-state index contributed by atoms with van der Waals surface area (Å²) in [5.41, 5.74) is 0. The summed E-state index contributed by atoms with van der Waals surface area (Å²) in [5.74, 6) is -0.929.